The van der Waals surface area contributed by atoms with E-state index in [0.717, 1.165) is 116 Å². The number of hydrogen-bond acceptors (Lipinski definition) is 3. The van der Waals surface area contributed by atoms with Crippen LogP contribution in [0.15, 0.2) is 358 Å². The fourth-order valence-electron chi connectivity index (χ4n) is 26.3. The summed E-state index contributed by atoms with van der Waals surface area (Å²) in [6, 6.07) is 137. The zero-order chi connectivity index (χ0) is 88.3. The van der Waals surface area contributed by atoms with E-state index in [9.17, 15) is 0 Å². The highest BCUT2D eigenvalue weighted by molar-refractivity contribution is 6.25. The van der Waals surface area contributed by atoms with E-state index in [1.807, 2.05) is 0 Å². The summed E-state index contributed by atoms with van der Waals surface area (Å²) in [4.78, 5) is 17.0. The average Bonchev–Trinajstić information content (AvgIpc) is 1.52. The van der Waals surface area contributed by atoms with Crippen LogP contribution < -0.4 is 0 Å². The van der Waals surface area contributed by atoms with Crippen molar-refractivity contribution >= 4 is 197 Å². The van der Waals surface area contributed by atoms with Gasteiger partial charge in [-0.25, -0.2) is 15.0 Å². The van der Waals surface area contributed by atoms with E-state index in [1.54, 1.807) is 0 Å². The molecule has 0 saturated carbocycles. The highest BCUT2D eigenvalue weighted by atomic mass is 15.2. The Kier molecular flexibility index (Phi) is 12.9. The number of aromatic nitrogens is 9. The Bertz CT molecular complexity index is 10800. The molecule has 9 nitrogen and oxygen atoms in total. The second-order valence-corrected chi connectivity index (χ2v) is 40.8. The van der Waals surface area contributed by atoms with Gasteiger partial charge in [0, 0.05) is 48.6 Å². The van der Waals surface area contributed by atoms with E-state index >= 15 is 0 Å². The molecule has 0 bridgehead atoms. The van der Waals surface area contributed by atoms with Crippen molar-refractivity contribution in [3.05, 3.63) is 391 Å². The van der Waals surface area contributed by atoms with Crippen LogP contribution in [0.3, 0.4) is 0 Å². The summed E-state index contributed by atoms with van der Waals surface area (Å²) in [7, 11) is 0. The third-order valence-electron chi connectivity index (χ3n) is 32.7. The molecular weight excluding hydrogens is 1640 g/mol. The molecule has 9 heterocycles. The Morgan fingerprint density at radius 1 is 0.170 bits per heavy atom. The molecule has 3 aliphatic carbocycles. The van der Waals surface area contributed by atoms with Crippen LogP contribution in [0.4, 0.5) is 0 Å². The van der Waals surface area contributed by atoms with Gasteiger partial charge in [0.2, 0.25) is 17.3 Å². The first-order valence-electron chi connectivity index (χ1n) is 47.3. The molecule has 0 fully saturated rings. The van der Waals surface area contributed by atoms with Gasteiger partial charge >= 0.3 is 0 Å². The molecule has 30 aromatic rings. The maximum atomic E-state index is 5.78. The molecule has 0 atom stereocenters. The molecule has 3 aliphatic rings. The third-order valence-corrected chi connectivity index (χ3v) is 32.7. The van der Waals surface area contributed by atoms with Gasteiger partial charge in [0.15, 0.2) is 0 Å². The van der Waals surface area contributed by atoms with Crippen molar-refractivity contribution in [1.82, 2.24) is 41.4 Å². The van der Waals surface area contributed by atoms with Crippen molar-refractivity contribution in [2.45, 2.75) is 57.8 Å². The lowest BCUT2D eigenvalue weighted by Gasteiger charge is -2.24. The van der Waals surface area contributed by atoms with Crippen LogP contribution in [-0.2, 0) is 16.2 Å². The monoisotopic (exact) mass is 1720 g/mol. The van der Waals surface area contributed by atoms with E-state index in [4.69, 9.17) is 15.0 Å². The van der Waals surface area contributed by atoms with Crippen LogP contribution in [0, 0.1) is 0 Å². The van der Waals surface area contributed by atoms with Crippen molar-refractivity contribution in [2.24, 2.45) is 0 Å². The van der Waals surface area contributed by atoms with Gasteiger partial charge in [-0.3, -0.25) is 26.4 Å². The second-order valence-electron chi connectivity index (χ2n) is 40.8. The molecule has 0 radical (unpaired) electrons. The van der Waals surface area contributed by atoms with Crippen molar-refractivity contribution in [1.29, 1.82) is 0 Å². The first kappa shape index (κ1) is 71.8. The largest absolute Gasteiger partial charge is 0.277 e. The van der Waals surface area contributed by atoms with Crippen LogP contribution in [0.5, 0.6) is 0 Å². The Hall–Kier alpha value is -17.0. The molecule has 0 saturated heterocycles. The number of nitrogens with zero attached hydrogens (tertiary/aromatic N) is 9. The smallest absolute Gasteiger partial charge is 0.220 e. The van der Waals surface area contributed by atoms with E-state index < -0.39 is 0 Å². The van der Waals surface area contributed by atoms with E-state index in [0.29, 0.717) is 0 Å². The van der Waals surface area contributed by atoms with Gasteiger partial charge in [-0.1, -0.05) is 254 Å². The number of fused-ring (bicyclic) bond motifs is 39. The molecule has 0 unspecified atom stereocenters. The quantitative estimate of drug-likeness (QED) is 0.172. The Balaban J connectivity index is 0.522. The summed E-state index contributed by atoms with van der Waals surface area (Å²) in [5, 5.41) is 21.5. The van der Waals surface area contributed by atoms with Crippen molar-refractivity contribution in [3.63, 3.8) is 0 Å². The van der Waals surface area contributed by atoms with Crippen LogP contribution >= 0.6 is 0 Å². The lowest BCUT2D eigenvalue weighted by Crippen LogP contribution is -2.16. The van der Waals surface area contributed by atoms with Crippen molar-refractivity contribution in [2.75, 3.05) is 0 Å². The summed E-state index contributed by atoms with van der Waals surface area (Å²) in [6.07, 6.45) is 0. The highest BCUT2D eigenvalue weighted by Gasteiger charge is 2.41. The first-order valence-corrected chi connectivity index (χ1v) is 47.3. The molecule has 0 N–H and O–H groups in total. The molecule has 9 aromatic heterocycles. The van der Waals surface area contributed by atoms with E-state index in [1.165, 1.54) is 203 Å². The fraction of sp³-hybridized carbons (Fsp3) is 0.0714. The Morgan fingerprint density at radius 3 is 0.963 bits per heavy atom. The maximum Gasteiger partial charge on any atom is 0.220 e. The molecule has 0 spiro atoms. The molecule has 135 heavy (non-hydrogen) atoms. The number of hydrogen-bond donors (Lipinski definition) is 0. The molecule has 0 amide bonds. The van der Waals surface area contributed by atoms with E-state index in [2.05, 4.69) is 426 Å². The fourth-order valence-corrected chi connectivity index (χ4v) is 26.3. The lowest BCUT2D eigenvalue weighted by molar-refractivity contribution is 0.660. The van der Waals surface area contributed by atoms with Gasteiger partial charge in [-0.15, -0.1) is 0 Å². The topological polar surface area (TPSA) is 65.1 Å². The van der Waals surface area contributed by atoms with Gasteiger partial charge < -0.3 is 0 Å². The molecule has 626 valence electrons. The zero-order valence-corrected chi connectivity index (χ0v) is 74.6. The van der Waals surface area contributed by atoms with Crippen LogP contribution in [0.1, 0.15) is 74.9 Å². The number of imidazole rings is 6. The first-order chi connectivity index (χ1) is 66.1. The summed E-state index contributed by atoms with van der Waals surface area (Å²) >= 11 is 0. The molecule has 0 aliphatic heterocycles. The minimum atomic E-state index is -0.184. The molecule has 33 rings (SSSR count). The summed E-state index contributed by atoms with van der Waals surface area (Å²) in [6.45, 7) is 14.3. The van der Waals surface area contributed by atoms with Crippen molar-refractivity contribution in [3.8, 4) is 89.0 Å². The van der Waals surface area contributed by atoms with Gasteiger partial charge in [-0.05, 0) is 333 Å². The SMILES string of the molecule is CC1(C)c2ccccc2-c2cc(-c3cc4c5cc6cc(-c7ccc8cc9c(cc8c7)nc7n9c8cc(-c9ccc%10c(c9)C(C)(C)c9ccccc9-%10)cc9c%10cc%11cc(-c%12ccc%13cc%14c(cc%13c%12)nc%12n%14c%13cc(-c%14cccc%15c%14C(C)(C)c%14ccccc%14-%15)cc%14c%15cc%16ccccc%16cc%15n%12c%14%13)ccc%11cc%10n7c98)ccc6cc5n5c4c(c3)n3c4cc6ccccc6cc4nc35)ccc21. The van der Waals surface area contributed by atoms with Crippen LogP contribution in [-0.4, -0.2) is 41.4 Å². The summed E-state index contributed by atoms with van der Waals surface area (Å²) in [5.41, 5.74) is 44.3. The third kappa shape index (κ3) is 9.03. The van der Waals surface area contributed by atoms with Gasteiger partial charge in [0.25, 0.3) is 0 Å². The maximum absolute atomic E-state index is 5.78. The minimum absolute atomic E-state index is 0.0884. The number of benzene rings is 21. The summed E-state index contributed by atoms with van der Waals surface area (Å²) in [5.74, 6) is 2.75. The molecule has 9 heteroatoms. The standard InChI is InChI=1S/C126H77N9/c1-124(2)101-28-15-13-24-90(101)93-46-74(39-41-103(93)124)84-50-97-95-48-80-42-70(30-34-76(80)58-109(95)134-118(97)114(63-84)130-111-60-69-21-10-8-19-67(69)54-105(111)127-121(130)134)72-32-36-78-61-112-106(55-82(78)44-72)128-122-131(112)115-64-85(75-38-40-91-88-22-11-14-27-100(88)125(3,4)104(91)53-75)51-98-96-49-81-43-71(31-35-77(81)59-110(96)135(122)119(98)115)73-33-37-79-62-113-107(56-83(79)45-73)129-123-132(113)116-65-86(87-25-17-26-92-89-23-12-16-29-102(89)126(5,6)117(87)92)52-99-94-47-66-18-7-9-20-68(66)57-108(94)133(123)120(99)116/h7-65H,1-6H3. The Morgan fingerprint density at radius 2 is 0.481 bits per heavy atom. The average molecular weight is 1720 g/mol. The zero-order valence-electron chi connectivity index (χ0n) is 74.6. The van der Waals surface area contributed by atoms with E-state index in [-0.39, 0.29) is 16.2 Å². The second kappa shape index (κ2) is 24.2. The highest BCUT2D eigenvalue weighted by Crippen LogP contribution is 2.57. The van der Waals surface area contributed by atoms with Crippen LogP contribution in [0.2, 0.25) is 0 Å². The number of rotatable bonds is 5. The lowest BCUT2D eigenvalue weighted by atomic mass is 9.78. The molecule has 21 aromatic carbocycles. The van der Waals surface area contributed by atoms with Gasteiger partial charge in [0.1, 0.15) is 0 Å². The van der Waals surface area contributed by atoms with Crippen LogP contribution in [0.25, 0.3) is 286 Å². The van der Waals surface area contributed by atoms with Gasteiger partial charge in [-0.2, -0.15) is 0 Å². The Labute approximate surface area is 771 Å². The normalized spacial score (nSPS) is 14.5. The predicted molar refractivity (Wildman–Crippen MR) is 562 cm³/mol. The van der Waals surface area contributed by atoms with Gasteiger partial charge in [0.05, 0.1) is 82.8 Å². The predicted octanol–water partition coefficient (Wildman–Crippen LogP) is 32.3. The minimum Gasteiger partial charge on any atom is -0.277 e. The molecular formula is C126H77N9. The van der Waals surface area contributed by atoms with Crippen molar-refractivity contribution < 1.29 is 0 Å². The summed E-state index contributed by atoms with van der Waals surface area (Å²) < 4.78 is 14.6.